The van der Waals surface area contributed by atoms with Crippen LogP contribution in [0.25, 0.3) is 5.69 Å². The van der Waals surface area contributed by atoms with E-state index in [1.165, 1.54) is 11.3 Å². The van der Waals surface area contributed by atoms with Crippen LogP contribution in [0.3, 0.4) is 0 Å². The van der Waals surface area contributed by atoms with Crippen LogP contribution in [0.1, 0.15) is 16.4 Å². The number of hydrogen-bond acceptors (Lipinski definition) is 5. The summed E-state index contributed by atoms with van der Waals surface area (Å²) in [5, 5.41) is 3.99. The lowest BCUT2D eigenvalue weighted by molar-refractivity contribution is -0.119. The van der Waals surface area contributed by atoms with E-state index in [-0.39, 0.29) is 22.6 Å². The zero-order valence-corrected chi connectivity index (χ0v) is 19.6. The van der Waals surface area contributed by atoms with Gasteiger partial charge in [-0.25, -0.2) is 0 Å². The maximum atomic E-state index is 13.4. The fourth-order valence-corrected chi connectivity index (χ4v) is 6.85. The quantitative estimate of drug-likeness (QED) is 0.421. The Hall–Kier alpha value is -3.29. The number of hydrogen-bond donors (Lipinski definition) is 1. The van der Waals surface area contributed by atoms with Crippen LogP contribution in [0.15, 0.2) is 94.7 Å². The lowest BCUT2D eigenvalue weighted by Gasteiger charge is -2.31. The van der Waals surface area contributed by atoms with E-state index in [9.17, 15) is 9.59 Å². The molecule has 4 aromatic rings. The van der Waals surface area contributed by atoms with Crippen LogP contribution >= 0.6 is 23.1 Å². The van der Waals surface area contributed by atoms with Crippen LogP contribution in [0.4, 0.5) is 5.69 Å². The second-order valence-electron chi connectivity index (χ2n) is 7.73. The number of thioether (sulfide) groups is 1. The second kappa shape index (κ2) is 9.29. The molecule has 1 amide bonds. The van der Waals surface area contributed by atoms with Crippen LogP contribution in [0.2, 0.25) is 0 Å². The first-order valence-electron chi connectivity index (χ1n) is 10.6. The van der Waals surface area contributed by atoms with Gasteiger partial charge in [-0.2, -0.15) is 0 Å². The highest BCUT2D eigenvalue weighted by atomic mass is 32.2. The molecule has 0 radical (unpaired) electrons. The van der Waals surface area contributed by atoms with Crippen LogP contribution in [-0.2, 0) is 4.79 Å². The molecule has 1 aliphatic heterocycles. The molecule has 2 unspecified atom stereocenters. The molecule has 166 valence electrons. The van der Waals surface area contributed by atoms with Gasteiger partial charge in [0, 0.05) is 22.2 Å². The monoisotopic (exact) mass is 474 g/mol. The Balaban J connectivity index is 1.54. The molecule has 1 N–H and O–H groups in total. The number of nitrogens with zero attached hydrogens (tertiary/aromatic N) is 1. The minimum atomic E-state index is -0.311. The molecule has 5 nitrogen and oxygen atoms in total. The van der Waals surface area contributed by atoms with E-state index in [1.807, 2.05) is 84.9 Å². The molecule has 0 saturated heterocycles. The van der Waals surface area contributed by atoms with E-state index >= 15 is 0 Å². The number of ether oxygens (including phenoxy) is 1. The number of anilines is 1. The average Bonchev–Trinajstić information content (AvgIpc) is 3.20. The van der Waals surface area contributed by atoms with Crippen molar-refractivity contribution in [3.63, 3.8) is 0 Å². The van der Waals surface area contributed by atoms with E-state index < -0.39 is 0 Å². The number of fused-ring (bicyclic) bond motifs is 1. The average molecular weight is 475 g/mol. The van der Waals surface area contributed by atoms with Crippen LogP contribution in [0.5, 0.6) is 5.75 Å². The normalized spacial score (nSPS) is 17.2. The molecule has 0 spiro atoms. The Bertz CT molecular complexity index is 1320. The smallest absolute Gasteiger partial charge is 0.312 e. The van der Waals surface area contributed by atoms with Crippen molar-refractivity contribution in [3.05, 3.63) is 105 Å². The van der Waals surface area contributed by atoms with Gasteiger partial charge >= 0.3 is 4.87 Å². The van der Waals surface area contributed by atoms with Crippen molar-refractivity contribution in [2.24, 2.45) is 5.92 Å². The van der Waals surface area contributed by atoms with E-state index in [1.54, 1.807) is 23.4 Å². The number of carbonyl (C=O) groups excluding carboxylic acids is 1. The number of nitrogens with one attached hydrogen (secondary N) is 1. The standard InChI is InChI=1S/C26H22N2O3S2/c1-31-20-14-12-18(13-15-20)27-24(29)21-16-32-25-23(22(21)17-8-4-2-5-9-17)33-26(30)28(25)19-10-6-3-7-11-19/h2-15,21-22H,16H2,1H3,(H,27,29). The molecule has 2 heterocycles. The number of thiazole rings is 1. The van der Waals surface area contributed by atoms with Crippen molar-refractivity contribution in [2.45, 2.75) is 10.9 Å². The molecule has 0 fully saturated rings. The minimum Gasteiger partial charge on any atom is -0.497 e. The fourth-order valence-electron chi connectivity index (χ4n) is 4.14. The first-order valence-corrected chi connectivity index (χ1v) is 12.4. The highest BCUT2D eigenvalue weighted by Gasteiger charge is 2.39. The summed E-state index contributed by atoms with van der Waals surface area (Å²) in [5.41, 5.74) is 2.61. The van der Waals surface area contributed by atoms with Crippen molar-refractivity contribution >= 4 is 34.7 Å². The lowest BCUT2D eigenvalue weighted by atomic mass is 9.85. The molecule has 1 aromatic heterocycles. The third kappa shape index (κ3) is 4.21. The molecule has 2 atom stereocenters. The number of methoxy groups -OCH3 is 1. The number of para-hydroxylation sites is 1. The lowest BCUT2D eigenvalue weighted by Crippen LogP contribution is -2.33. The predicted molar refractivity (Wildman–Crippen MR) is 134 cm³/mol. The van der Waals surface area contributed by atoms with Crippen LogP contribution in [-0.4, -0.2) is 23.3 Å². The molecule has 0 bridgehead atoms. The van der Waals surface area contributed by atoms with E-state index in [0.29, 0.717) is 5.75 Å². The number of aromatic nitrogens is 1. The summed E-state index contributed by atoms with van der Waals surface area (Å²) in [6.45, 7) is 0. The van der Waals surface area contributed by atoms with E-state index in [0.717, 1.165) is 32.6 Å². The van der Waals surface area contributed by atoms with Crippen molar-refractivity contribution in [1.82, 2.24) is 4.57 Å². The maximum absolute atomic E-state index is 13.4. The highest BCUT2D eigenvalue weighted by Crippen LogP contribution is 2.47. The predicted octanol–water partition coefficient (Wildman–Crippen LogP) is 5.40. The Morgan fingerprint density at radius 1 is 0.970 bits per heavy atom. The van der Waals surface area contributed by atoms with Gasteiger partial charge in [0.2, 0.25) is 5.91 Å². The Kier molecular flexibility index (Phi) is 6.07. The van der Waals surface area contributed by atoms with Crippen molar-refractivity contribution < 1.29 is 9.53 Å². The Morgan fingerprint density at radius 2 is 1.64 bits per heavy atom. The summed E-state index contributed by atoms with van der Waals surface area (Å²) in [6.07, 6.45) is 0. The van der Waals surface area contributed by atoms with Crippen molar-refractivity contribution in [1.29, 1.82) is 0 Å². The highest BCUT2D eigenvalue weighted by molar-refractivity contribution is 7.99. The van der Waals surface area contributed by atoms with E-state index in [2.05, 4.69) is 5.32 Å². The van der Waals surface area contributed by atoms with Gasteiger partial charge in [0.05, 0.1) is 23.7 Å². The van der Waals surface area contributed by atoms with Gasteiger partial charge < -0.3 is 10.1 Å². The molecule has 33 heavy (non-hydrogen) atoms. The van der Waals surface area contributed by atoms with Gasteiger partial charge in [-0.05, 0) is 42.0 Å². The third-order valence-electron chi connectivity index (χ3n) is 5.75. The summed E-state index contributed by atoms with van der Waals surface area (Å²) in [7, 11) is 1.61. The molecule has 1 aliphatic rings. The van der Waals surface area contributed by atoms with Gasteiger partial charge in [-0.3, -0.25) is 14.2 Å². The largest absolute Gasteiger partial charge is 0.497 e. The number of carbonyl (C=O) groups is 1. The minimum absolute atomic E-state index is 0.0316. The zero-order chi connectivity index (χ0) is 22.8. The van der Waals surface area contributed by atoms with Crippen molar-refractivity contribution in [3.8, 4) is 11.4 Å². The molecule has 7 heteroatoms. The van der Waals surface area contributed by atoms with Crippen LogP contribution in [0, 0.1) is 5.92 Å². The zero-order valence-electron chi connectivity index (χ0n) is 17.9. The van der Waals surface area contributed by atoms with Crippen molar-refractivity contribution in [2.75, 3.05) is 18.2 Å². The number of amides is 1. The summed E-state index contributed by atoms with van der Waals surface area (Å²) in [6, 6.07) is 27.0. The van der Waals surface area contributed by atoms with E-state index in [4.69, 9.17) is 4.74 Å². The van der Waals surface area contributed by atoms with Gasteiger partial charge in [0.25, 0.3) is 0 Å². The third-order valence-corrected chi connectivity index (χ3v) is 8.10. The molecule has 0 aliphatic carbocycles. The van der Waals surface area contributed by atoms with Gasteiger partial charge in [0.1, 0.15) is 5.75 Å². The molecular weight excluding hydrogens is 452 g/mol. The summed E-state index contributed by atoms with van der Waals surface area (Å²) in [5.74, 6) is 0.759. The summed E-state index contributed by atoms with van der Waals surface area (Å²) in [4.78, 5) is 27.4. The number of rotatable bonds is 5. The van der Waals surface area contributed by atoms with Gasteiger partial charge in [-0.1, -0.05) is 59.9 Å². The molecule has 0 saturated carbocycles. The SMILES string of the molecule is COc1ccc(NC(=O)C2CSc3c(sc(=O)n3-c3ccccc3)C2c2ccccc2)cc1. The topological polar surface area (TPSA) is 60.3 Å². The van der Waals surface area contributed by atoms with Gasteiger partial charge in [-0.15, -0.1) is 11.8 Å². The molecular formula is C26H22N2O3S2. The summed E-state index contributed by atoms with van der Waals surface area (Å²) < 4.78 is 6.98. The first kappa shape index (κ1) is 21.6. The van der Waals surface area contributed by atoms with Crippen LogP contribution < -0.4 is 14.9 Å². The van der Waals surface area contributed by atoms with Gasteiger partial charge in [0.15, 0.2) is 0 Å². The molecule has 5 rings (SSSR count). The fraction of sp³-hybridized carbons (Fsp3) is 0.154. The maximum Gasteiger partial charge on any atom is 0.312 e. The Morgan fingerprint density at radius 3 is 2.30 bits per heavy atom. The number of benzene rings is 3. The molecule has 3 aromatic carbocycles. The first-order chi connectivity index (χ1) is 16.2. The second-order valence-corrected chi connectivity index (χ2v) is 9.73. The summed E-state index contributed by atoms with van der Waals surface area (Å²) >= 11 is 2.81. The Labute approximate surface area is 200 Å².